The van der Waals surface area contributed by atoms with Gasteiger partial charge < -0.3 is 10.5 Å². The number of aryl methyl sites for hydroxylation is 1. The zero-order valence-electron chi connectivity index (χ0n) is 10.2. The third-order valence-electron chi connectivity index (χ3n) is 2.27. The number of hydrogen-bond donors (Lipinski definition) is 2. The highest BCUT2D eigenvalue weighted by Crippen LogP contribution is 2.18. The quantitative estimate of drug-likeness (QED) is 0.769. The first kappa shape index (κ1) is 14.0. The third kappa shape index (κ3) is 3.69. The molecule has 0 bridgehead atoms. The van der Waals surface area contributed by atoms with Crippen molar-refractivity contribution in [3.8, 4) is 0 Å². The van der Waals surface area contributed by atoms with Gasteiger partial charge in [0.15, 0.2) is 0 Å². The summed E-state index contributed by atoms with van der Waals surface area (Å²) < 4.78 is 31.6. The van der Waals surface area contributed by atoms with Gasteiger partial charge in [-0.3, -0.25) is 0 Å². The average Bonchev–Trinajstić information content (AvgIpc) is 2.21. The Hall–Kier alpha value is -1.11. The van der Waals surface area contributed by atoms with Crippen molar-refractivity contribution in [3.05, 3.63) is 23.8 Å². The molecule has 1 aromatic rings. The van der Waals surface area contributed by atoms with Gasteiger partial charge in [-0.15, -0.1) is 0 Å². The number of nitrogens with one attached hydrogen (secondary N) is 1. The summed E-state index contributed by atoms with van der Waals surface area (Å²) in [5.41, 5.74) is 6.69. The average molecular weight is 258 g/mol. The molecule has 0 saturated heterocycles. The van der Waals surface area contributed by atoms with Gasteiger partial charge in [-0.2, -0.15) is 0 Å². The van der Waals surface area contributed by atoms with Crippen molar-refractivity contribution in [1.29, 1.82) is 0 Å². The molecule has 3 N–H and O–H groups in total. The summed E-state index contributed by atoms with van der Waals surface area (Å²) in [6.07, 6.45) is 0. The number of rotatable bonds is 5. The molecule has 1 aromatic carbocycles. The molecule has 0 spiro atoms. The standard InChI is InChI=1S/C11H18N2O3S/c1-8-4-5-10(12)6-11(8)17(14,15)13-9(2)7-16-3/h4-6,9,13H,7,12H2,1-3H3. The molecule has 1 atom stereocenters. The SMILES string of the molecule is COCC(C)NS(=O)(=O)c1cc(N)ccc1C. The van der Waals surface area contributed by atoms with E-state index >= 15 is 0 Å². The van der Waals surface area contributed by atoms with E-state index in [4.69, 9.17) is 10.5 Å². The van der Waals surface area contributed by atoms with Gasteiger partial charge in [-0.05, 0) is 31.5 Å². The van der Waals surface area contributed by atoms with Crippen LogP contribution < -0.4 is 10.5 Å². The molecular weight excluding hydrogens is 240 g/mol. The van der Waals surface area contributed by atoms with Gasteiger partial charge in [0, 0.05) is 18.8 Å². The largest absolute Gasteiger partial charge is 0.399 e. The molecule has 0 fully saturated rings. The molecule has 0 aliphatic rings. The molecule has 1 unspecified atom stereocenters. The number of hydrogen-bond acceptors (Lipinski definition) is 4. The van der Waals surface area contributed by atoms with E-state index in [2.05, 4.69) is 4.72 Å². The van der Waals surface area contributed by atoms with E-state index in [0.717, 1.165) is 0 Å². The molecule has 96 valence electrons. The zero-order chi connectivity index (χ0) is 13.1. The number of methoxy groups -OCH3 is 1. The van der Waals surface area contributed by atoms with Gasteiger partial charge in [0.05, 0.1) is 11.5 Å². The molecule has 5 nitrogen and oxygen atoms in total. The fourth-order valence-corrected chi connectivity index (χ4v) is 3.03. The van der Waals surface area contributed by atoms with Crippen LogP contribution in [0.2, 0.25) is 0 Å². The Morgan fingerprint density at radius 1 is 1.47 bits per heavy atom. The molecule has 6 heteroatoms. The van der Waals surface area contributed by atoms with Crippen LogP contribution in [0.3, 0.4) is 0 Å². The highest BCUT2D eigenvalue weighted by atomic mass is 32.2. The first-order valence-corrected chi connectivity index (χ1v) is 6.72. The van der Waals surface area contributed by atoms with E-state index in [-0.39, 0.29) is 10.9 Å². The van der Waals surface area contributed by atoms with Gasteiger partial charge in [0.25, 0.3) is 0 Å². The maximum atomic E-state index is 12.1. The van der Waals surface area contributed by atoms with Crippen LogP contribution in [0.1, 0.15) is 12.5 Å². The summed E-state index contributed by atoms with van der Waals surface area (Å²) in [6.45, 7) is 3.79. The highest BCUT2D eigenvalue weighted by Gasteiger charge is 2.19. The summed E-state index contributed by atoms with van der Waals surface area (Å²) in [6, 6.07) is 4.53. The van der Waals surface area contributed by atoms with Crippen LogP contribution in [0.5, 0.6) is 0 Å². The van der Waals surface area contributed by atoms with Gasteiger partial charge >= 0.3 is 0 Å². The van der Waals surface area contributed by atoms with Crippen LogP contribution in [0.15, 0.2) is 23.1 Å². The fraction of sp³-hybridized carbons (Fsp3) is 0.455. The highest BCUT2D eigenvalue weighted by molar-refractivity contribution is 7.89. The lowest BCUT2D eigenvalue weighted by atomic mass is 10.2. The van der Waals surface area contributed by atoms with E-state index in [0.29, 0.717) is 17.9 Å². The minimum atomic E-state index is -3.54. The van der Waals surface area contributed by atoms with Crippen LogP contribution in [0, 0.1) is 6.92 Å². The lowest BCUT2D eigenvalue weighted by molar-refractivity contribution is 0.180. The molecule has 17 heavy (non-hydrogen) atoms. The summed E-state index contributed by atoms with van der Waals surface area (Å²) in [5.74, 6) is 0. The molecule has 0 aliphatic heterocycles. The molecule has 0 heterocycles. The van der Waals surface area contributed by atoms with E-state index in [1.165, 1.54) is 13.2 Å². The van der Waals surface area contributed by atoms with Crippen LogP contribution in [0.25, 0.3) is 0 Å². The topological polar surface area (TPSA) is 81.4 Å². The van der Waals surface area contributed by atoms with Gasteiger partial charge in [-0.1, -0.05) is 6.07 Å². The lowest BCUT2D eigenvalue weighted by Crippen LogP contribution is -2.35. The van der Waals surface area contributed by atoms with E-state index in [9.17, 15) is 8.42 Å². The number of ether oxygens (including phenoxy) is 1. The summed E-state index contributed by atoms with van der Waals surface area (Å²) in [5, 5.41) is 0. The van der Waals surface area contributed by atoms with E-state index < -0.39 is 10.0 Å². The number of benzene rings is 1. The number of nitrogens with two attached hydrogens (primary N) is 1. The van der Waals surface area contributed by atoms with Crippen molar-refractivity contribution in [2.75, 3.05) is 19.5 Å². The molecule has 0 aromatic heterocycles. The minimum absolute atomic E-state index is 0.209. The minimum Gasteiger partial charge on any atom is -0.399 e. The number of nitrogen functional groups attached to an aromatic ring is 1. The monoisotopic (exact) mass is 258 g/mol. The Balaban J connectivity index is 3.01. The van der Waals surface area contributed by atoms with E-state index in [1.807, 2.05) is 0 Å². The third-order valence-corrected chi connectivity index (χ3v) is 4.01. The second kappa shape index (κ2) is 5.48. The normalized spacial score (nSPS) is 13.6. The fourth-order valence-electron chi connectivity index (χ4n) is 1.52. The second-order valence-corrected chi connectivity index (χ2v) is 5.69. The van der Waals surface area contributed by atoms with Crippen molar-refractivity contribution >= 4 is 15.7 Å². The van der Waals surface area contributed by atoms with Crippen LogP contribution in [-0.2, 0) is 14.8 Å². The van der Waals surface area contributed by atoms with Crippen molar-refractivity contribution < 1.29 is 13.2 Å². The Kier molecular flexibility index (Phi) is 4.50. The molecule has 0 radical (unpaired) electrons. The molecule has 0 saturated carbocycles. The van der Waals surface area contributed by atoms with Crippen LogP contribution in [0.4, 0.5) is 5.69 Å². The van der Waals surface area contributed by atoms with Crippen molar-refractivity contribution in [2.45, 2.75) is 24.8 Å². The van der Waals surface area contributed by atoms with Crippen molar-refractivity contribution in [3.63, 3.8) is 0 Å². The Morgan fingerprint density at radius 2 is 2.12 bits per heavy atom. The number of sulfonamides is 1. The molecule has 0 aliphatic carbocycles. The smallest absolute Gasteiger partial charge is 0.241 e. The van der Waals surface area contributed by atoms with Crippen molar-refractivity contribution in [1.82, 2.24) is 4.72 Å². The Bertz CT molecular complexity index is 485. The predicted molar refractivity (Wildman–Crippen MR) is 67.3 cm³/mol. The van der Waals surface area contributed by atoms with E-state index in [1.54, 1.807) is 26.0 Å². The summed E-state index contributed by atoms with van der Waals surface area (Å²) in [4.78, 5) is 0.209. The van der Waals surface area contributed by atoms with Crippen LogP contribution in [-0.4, -0.2) is 28.2 Å². The maximum Gasteiger partial charge on any atom is 0.241 e. The predicted octanol–water partition coefficient (Wildman–Crippen LogP) is 0.890. The summed E-state index contributed by atoms with van der Waals surface area (Å²) in [7, 11) is -2.02. The lowest BCUT2D eigenvalue weighted by Gasteiger charge is -2.14. The Morgan fingerprint density at radius 3 is 2.71 bits per heavy atom. The van der Waals surface area contributed by atoms with Gasteiger partial charge in [0.1, 0.15) is 0 Å². The molecule has 1 rings (SSSR count). The molecular formula is C11H18N2O3S. The van der Waals surface area contributed by atoms with Crippen LogP contribution >= 0.6 is 0 Å². The van der Waals surface area contributed by atoms with Gasteiger partial charge in [-0.25, -0.2) is 13.1 Å². The van der Waals surface area contributed by atoms with Gasteiger partial charge in [0.2, 0.25) is 10.0 Å². The first-order chi connectivity index (χ1) is 7.86. The summed E-state index contributed by atoms with van der Waals surface area (Å²) >= 11 is 0. The second-order valence-electron chi connectivity index (χ2n) is 4.00. The first-order valence-electron chi connectivity index (χ1n) is 5.24. The zero-order valence-corrected chi connectivity index (χ0v) is 11.0. The molecule has 0 amide bonds. The maximum absolute atomic E-state index is 12.1. The Labute approximate surface area is 102 Å². The van der Waals surface area contributed by atoms with Crippen molar-refractivity contribution in [2.24, 2.45) is 0 Å². The number of anilines is 1.